The lowest BCUT2D eigenvalue weighted by molar-refractivity contribution is -0.137. The molecule has 8 nitrogen and oxygen atoms in total. The van der Waals surface area contributed by atoms with E-state index in [-0.39, 0.29) is 5.69 Å². The molecule has 0 fully saturated rings. The van der Waals surface area contributed by atoms with Crippen molar-refractivity contribution in [3.05, 3.63) is 150 Å². The van der Waals surface area contributed by atoms with Gasteiger partial charge in [0, 0.05) is 62.9 Å². The maximum atomic E-state index is 13.1. The van der Waals surface area contributed by atoms with Crippen LogP contribution in [0.1, 0.15) is 5.56 Å². The molecule has 0 aliphatic heterocycles. The number of phenols is 1. The number of nitrogens with zero attached hydrogens (tertiary/aromatic N) is 4. The van der Waals surface area contributed by atoms with E-state index in [0.29, 0.717) is 48.8 Å². The SMILES string of the molecule is C[S@](=O)(=Nc1ccc2nccc(Cl)c2c1)c1ccccc1.C[S@](=O)(=Nc1ccc2nccc(Nc3cc(O)cc(C(F)(F)F)c3)c2c1)c1ccccc1. The van der Waals surface area contributed by atoms with Gasteiger partial charge in [-0.15, -0.1) is 0 Å². The van der Waals surface area contributed by atoms with Gasteiger partial charge >= 0.3 is 6.18 Å². The summed E-state index contributed by atoms with van der Waals surface area (Å²) in [5, 5.41) is 14.6. The molecule has 2 atom stereocenters. The highest BCUT2D eigenvalue weighted by atomic mass is 35.5. The fourth-order valence-corrected chi connectivity index (χ4v) is 8.09. The van der Waals surface area contributed by atoms with E-state index in [0.717, 1.165) is 17.0 Å². The molecule has 0 aliphatic carbocycles. The third-order valence-corrected chi connectivity index (χ3v) is 11.6. The molecule has 0 saturated heterocycles. The van der Waals surface area contributed by atoms with Gasteiger partial charge in [-0.05, 0) is 84.9 Å². The minimum atomic E-state index is -4.60. The number of alkyl halides is 3. The molecular weight excluding hydrogens is 743 g/mol. The van der Waals surface area contributed by atoms with E-state index < -0.39 is 36.9 Å². The Balaban J connectivity index is 0.000000198. The molecule has 0 spiro atoms. The van der Waals surface area contributed by atoms with Crippen molar-refractivity contribution < 1.29 is 26.7 Å². The minimum absolute atomic E-state index is 0.0655. The van der Waals surface area contributed by atoms with Gasteiger partial charge in [-0.1, -0.05) is 48.0 Å². The maximum Gasteiger partial charge on any atom is 0.416 e. The third-order valence-electron chi connectivity index (χ3n) is 7.84. The molecule has 7 rings (SSSR count). The Kier molecular flexibility index (Phi) is 10.7. The summed E-state index contributed by atoms with van der Waals surface area (Å²) in [7, 11) is -5.19. The van der Waals surface area contributed by atoms with Crippen molar-refractivity contribution in [2.75, 3.05) is 17.8 Å². The molecule has 2 heterocycles. The Hall–Kier alpha value is -5.50. The quantitative estimate of drug-likeness (QED) is 0.174. The number of halogens is 4. The van der Waals surface area contributed by atoms with E-state index >= 15 is 0 Å². The van der Waals surface area contributed by atoms with Gasteiger partial charge in [0.05, 0.1) is 52.5 Å². The van der Waals surface area contributed by atoms with E-state index in [4.69, 9.17) is 11.6 Å². The first-order chi connectivity index (χ1) is 25.2. The number of phenolic OH excluding ortho intramolecular Hbond substituents is 1. The second kappa shape index (κ2) is 15.2. The number of anilines is 2. The van der Waals surface area contributed by atoms with Crippen molar-refractivity contribution in [1.29, 1.82) is 0 Å². The van der Waals surface area contributed by atoms with Crippen LogP contribution in [0.2, 0.25) is 5.02 Å². The summed E-state index contributed by atoms with van der Waals surface area (Å²) in [6.07, 6.45) is 1.76. The van der Waals surface area contributed by atoms with E-state index in [1.54, 1.807) is 79.4 Å². The molecular formula is C39H31ClF3N5O3S2. The monoisotopic (exact) mass is 773 g/mol. The standard InChI is InChI=1S/C23H18F3N3O2S.C16H13ClN2OS/c1-32(31,19-5-3-2-4-6-19)29-16-7-8-21-20(14-16)22(9-10-27-21)28-17-11-15(23(24,25)26)12-18(30)13-17;1-21(20,13-5-3-2-4-6-13)19-12-7-8-16-14(11-12)15(17)9-10-18-16/h2-14,30H,1H3,(H,27,28);2-11H,1H3/t32-;21-/m11/s1. The number of benzene rings is 5. The van der Waals surface area contributed by atoms with Crippen molar-refractivity contribution >= 4 is 75.6 Å². The van der Waals surface area contributed by atoms with Gasteiger partial charge < -0.3 is 10.4 Å². The predicted octanol–water partition coefficient (Wildman–Crippen LogP) is 11.2. The van der Waals surface area contributed by atoms with Crippen LogP contribution in [0.4, 0.5) is 35.9 Å². The number of nitrogens with one attached hydrogen (secondary N) is 1. The van der Waals surface area contributed by atoms with Crippen LogP contribution in [0.5, 0.6) is 5.75 Å². The van der Waals surface area contributed by atoms with Crippen LogP contribution in [-0.2, 0) is 25.6 Å². The van der Waals surface area contributed by atoms with Crippen LogP contribution in [0, 0.1) is 0 Å². The summed E-state index contributed by atoms with van der Waals surface area (Å²) < 4.78 is 74.0. The van der Waals surface area contributed by atoms with Crippen molar-refractivity contribution in [3.63, 3.8) is 0 Å². The van der Waals surface area contributed by atoms with E-state index in [1.165, 1.54) is 12.3 Å². The molecule has 2 aromatic heterocycles. The van der Waals surface area contributed by atoms with Crippen LogP contribution in [0.3, 0.4) is 0 Å². The first-order valence-electron chi connectivity index (χ1n) is 15.8. The zero-order chi connectivity index (χ0) is 37.8. The van der Waals surface area contributed by atoms with E-state index in [9.17, 15) is 26.7 Å². The number of aromatic nitrogens is 2. The highest BCUT2D eigenvalue weighted by Gasteiger charge is 2.31. The number of rotatable bonds is 6. The second-order valence-electron chi connectivity index (χ2n) is 11.9. The molecule has 0 saturated carbocycles. The molecule has 2 N–H and O–H groups in total. The molecule has 7 aromatic rings. The van der Waals surface area contributed by atoms with Crippen molar-refractivity contribution in [2.45, 2.75) is 16.0 Å². The normalized spacial score (nSPS) is 13.6. The first-order valence-corrected chi connectivity index (χ1v) is 20.1. The topological polar surface area (TPSA) is 117 Å². The summed E-state index contributed by atoms with van der Waals surface area (Å²) >= 11 is 6.16. The van der Waals surface area contributed by atoms with Crippen molar-refractivity contribution in [3.8, 4) is 5.75 Å². The molecule has 0 aliphatic rings. The van der Waals surface area contributed by atoms with Crippen molar-refractivity contribution in [2.24, 2.45) is 8.73 Å². The van der Waals surface area contributed by atoms with Gasteiger partial charge in [-0.3, -0.25) is 9.97 Å². The summed E-state index contributed by atoms with van der Waals surface area (Å²) in [5.74, 6) is -0.509. The van der Waals surface area contributed by atoms with E-state index in [1.807, 2.05) is 48.5 Å². The van der Waals surface area contributed by atoms with Crippen LogP contribution in [0.25, 0.3) is 21.8 Å². The lowest BCUT2D eigenvalue weighted by Gasteiger charge is -2.13. The zero-order valence-electron chi connectivity index (χ0n) is 28.2. The number of fused-ring (bicyclic) bond motifs is 2. The molecule has 5 aromatic carbocycles. The number of pyridine rings is 2. The van der Waals surface area contributed by atoms with Crippen LogP contribution >= 0.6 is 11.6 Å². The van der Waals surface area contributed by atoms with Gasteiger partial charge in [-0.2, -0.15) is 21.9 Å². The maximum absolute atomic E-state index is 13.1. The Morgan fingerprint density at radius 3 is 1.72 bits per heavy atom. The molecule has 0 radical (unpaired) electrons. The Labute approximate surface area is 309 Å². The Bertz CT molecular complexity index is 2700. The third kappa shape index (κ3) is 9.12. The largest absolute Gasteiger partial charge is 0.508 e. The molecule has 0 bridgehead atoms. The predicted molar refractivity (Wildman–Crippen MR) is 207 cm³/mol. The number of hydrogen-bond donors (Lipinski definition) is 2. The van der Waals surface area contributed by atoms with Crippen LogP contribution < -0.4 is 5.32 Å². The van der Waals surface area contributed by atoms with Gasteiger partial charge in [-0.25, -0.2) is 8.42 Å². The fraction of sp³-hybridized carbons (Fsp3) is 0.0769. The van der Waals surface area contributed by atoms with Crippen LogP contribution in [0.15, 0.2) is 158 Å². The number of aromatic hydroxyl groups is 1. The van der Waals surface area contributed by atoms with Crippen molar-refractivity contribution in [1.82, 2.24) is 9.97 Å². The summed E-state index contributed by atoms with van der Waals surface area (Å²) in [4.78, 5) is 9.81. The van der Waals surface area contributed by atoms with Crippen LogP contribution in [-0.4, -0.2) is 36.0 Å². The van der Waals surface area contributed by atoms with Gasteiger partial charge in [0.1, 0.15) is 5.75 Å². The highest BCUT2D eigenvalue weighted by molar-refractivity contribution is 7.93. The smallest absolute Gasteiger partial charge is 0.416 e. The minimum Gasteiger partial charge on any atom is -0.508 e. The summed E-state index contributed by atoms with van der Waals surface area (Å²) in [5.41, 5.74) is 2.01. The average molecular weight is 774 g/mol. The lowest BCUT2D eigenvalue weighted by Crippen LogP contribution is -2.05. The molecule has 14 heteroatoms. The molecule has 270 valence electrons. The second-order valence-corrected chi connectivity index (χ2v) is 16.8. The molecule has 53 heavy (non-hydrogen) atoms. The Morgan fingerprint density at radius 2 is 1.17 bits per heavy atom. The first kappa shape index (κ1) is 37.3. The van der Waals surface area contributed by atoms with Gasteiger partial charge in [0.2, 0.25) is 0 Å². The zero-order valence-corrected chi connectivity index (χ0v) is 30.5. The molecule has 0 amide bonds. The lowest BCUT2D eigenvalue weighted by atomic mass is 10.1. The van der Waals surface area contributed by atoms with Gasteiger partial charge in [0.25, 0.3) is 0 Å². The molecule has 0 unspecified atom stereocenters. The highest BCUT2D eigenvalue weighted by Crippen LogP contribution is 2.36. The number of hydrogen-bond acceptors (Lipinski definition) is 8. The average Bonchev–Trinajstić information content (AvgIpc) is 3.12. The summed E-state index contributed by atoms with van der Waals surface area (Å²) in [6, 6.07) is 34.7. The summed E-state index contributed by atoms with van der Waals surface area (Å²) in [6.45, 7) is 0. The Morgan fingerprint density at radius 1 is 0.660 bits per heavy atom. The van der Waals surface area contributed by atoms with Gasteiger partial charge in [0.15, 0.2) is 0 Å². The fourth-order valence-electron chi connectivity index (χ4n) is 5.31. The van der Waals surface area contributed by atoms with E-state index in [2.05, 4.69) is 24.0 Å².